The van der Waals surface area contributed by atoms with Crippen LogP contribution in [0.1, 0.15) is 29.8 Å². The summed E-state index contributed by atoms with van der Waals surface area (Å²) in [5, 5.41) is 8.15. The molecule has 7 nitrogen and oxygen atoms in total. The molecule has 0 aliphatic rings. The SMILES string of the molecule is COc1cc(CNC(C)c2cn(C)nc2C)cc(Cl)c1OCC(N)=O. The van der Waals surface area contributed by atoms with Crippen LogP contribution in [-0.4, -0.2) is 29.4 Å². The fourth-order valence-corrected chi connectivity index (χ4v) is 2.87. The maximum Gasteiger partial charge on any atom is 0.255 e. The van der Waals surface area contributed by atoms with Gasteiger partial charge in [-0.1, -0.05) is 11.6 Å². The summed E-state index contributed by atoms with van der Waals surface area (Å²) < 4.78 is 12.4. The average molecular weight is 367 g/mol. The van der Waals surface area contributed by atoms with E-state index >= 15 is 0 Å². The highest BCUT2D eigenvalue weighted by Crippen LogP contribution is 2.36. The molecule has 136 valence electrons. The maximum absolute atomic E-state index is 10.9. The Kier molecular flexibility index (Phi) is 6.27. The second-order valence-corrected chi connectivity index (χ2v) is 6.22. The zero-order chi connectivity index (χ0) is 18.6. The molecule has 0 bridgehead atoms. The second-order valence-electron chi connectivity index (χ2n) is 5.81. The molecule has 1 atom stereocenters. The van der Waals surface area contributed by atoms with Crippen LogP contribution in [-0.2, 0) is 18.4 Å². The fourth-order valence-electron chi connectivity index (χ4n) is 2.58. The number of methoxy groups -OCH3 is 1. The predicted molar refractivity (Wildman–Crippen MR) is 95.9 cm³/mol. The molecule has 1 amide bonds. The lowest BCUT2D eigenvalue weighted by atomic mass is 10.1. The van der Waals surface area contributed by atoms with Gasteiger partial charge in [-0.3, -0.25) is 9.48 Å². The molecule has 0 aliphatic carbocycles. The third-order valence-corrected chi connectivity index (χ3v) is 4.06. The minimum atomic E-state index is -0.579. The summed E-state index contributed by atoms with van der Waals surface area (Å²) in [4.78, 5) is 10.9. The molecule has 2 rings (SSSR count). The van der Waals surface area contributed by atoms with Crippen molar-refractivity contribution >= 4 is 17.5 Å². The van der Waals surface area contributed by atoms with Crippen LogP contribution in [0.3, 0.4) is 0 Å². The zero-order valence-electron chi connectivity index (χ0n) is 14.8. The van der Waals surface area contributed by atoms with Crippen LogP contribution in [0.15, 0.2) is 18.3 Å². The van der Waals surface area contributed by atoms with Crippen LogP contribution < -0.4 is 20.5 Å². The molecule has 0 saturated heterocycles. The van der Waals surface area contributed by atoms with Gasteiger partial charge < -0.3 is 20.5 Å². The molecule has 3 N–H and O–H groups in total. The lowest BCUT2D eigenvalue weighted by molar-refractivity contribution is -0.119. The van der Waals surface area contributed by atoms with Crippen molar-refractivity contribution < 1.29 is 14.3 Å². The van der Waals surface area contributed by atoms with Crippen LogP contribution in [0, 0.1) is 6.92 Å². The van der Waals surface area contributed by atoms with E-state index in [0.717, 1.165) is 16.8 Å². The quantitative estimate of drug-likeness (QED) is 0.746. The molecule has 0 radical (unpaired) electrons. The highest BCUT2D eigenvalue weighted by atomic mass is 35.5. The van der Waals surface area contributed by atoms with E-state index in [4.69, 9.17) is 26.8 Å². The summed E-state index contributed by atoms with van der Waals surface area (Å²) in [6.07, 6.45) is 2.00. The Morgan fingerprint density at radius 3 is 2.76 bits per heavy atom. The number of amides is 1. The van der Waals surface area contributed by atoms with Gasteiger partial charge in [0.25, 0.3) is 5.91 Å². The number of hydrogen-bond acceptors (Lipinski definition) is 5. The van der Waals surface area contributed by atoms with Crippen LogP contribution >= 0.6 is 11.6 Å². The van der Waals surface area contributed by atoms with Crippen LogP contribution in [0.4, 0.5) is 0 Å². The summed E-state index contributed by atoms with van der Waals surface area (Å²) in [7, 11) is 3.42. The smallest absolute Gasteiger partial charge is 0.255 e. The largest absolute Gasteiger partial charge is 0.493 e. The molecular weight excluding hydrogens is 344 g/mol. The molecule has 0 saturated carbocycles. The van der Waals surface area contributed by atoms with Gasteiger partial charge in [0.2, 0.25) is 0 Å². The van der Waals surface area contributed by atoms with E-state index in [1.54, 1.807) is 10.7 Å². The van der Waals surface area contributed by atoms with Gasteiger partial charge in [-0.05, 0) is 31.5 Å². The minimum Gasteiger partial charge on any atom is -0.493 e. The Hall–Kier alpha value is -2.25. The van der Waals surface area contributed by atoms with E-state index < -0.39 is 5.91 Å². The first kappa shape index (κ1) is 19.1. The van der Waals surface area contributed by atoms with Gasteiger partial charge in [0.1, 0.15) is 0 Å². The summed E-state index contributed by atoms with van der Waals surface area (Å²) >= 11 is 6.26. The van der Waals surface area contributed by atoms with Crippen molar-refractivity contribution in [2.24, 2.45) is 12.8 Å². The van der Waals surface area contributed by atoms with E-state index in [2.05, 4.69) is 17.3 Å². The van der Waals surface area contributed by atoms with E-state index in [0.29, 0.717) is 23.1 Å². The van der Waals surface area contributed by atoms with Crippen LogP contribution in [0.5, 0.6) is 11.5 Å². The molecule has 0 fully saturated rings. The van der Waals surface area contributed by atoms with Crippen LogP contribution in [0.2, 0.25) is 5.02 Å². The number of aryl methyl sites for hydroxylation is 2. The van der Waals surface area contributed by atoms with Gasteiger partial charge in [0, 0.05) is 31.4 Å². The number of nitrogens with two attached hydrogens (primary N) is 1. The van der Waals surface area contributed by atoms with Gasteiger partial charge in [0.05, 0.1) is 17.8 Å². The Morgan fingerprint density at radius 2 is 2.20 bits per heavy atom. The third-order valence-electron chi connectivity index (χ3n) is 3.78. The number of carbonyl (C=O) groups is 1. The highest BCUT2D eigenvalue weighted by Gasteiger charge is 2.15. The topological polar surface area (TPSA) is 91.4 Å². The van der Waals surface area contributed by atoms with Crippen molar-refractivity contribution in [2.45, 2.75) is 26.4 Å². The number of halogens is 1. The van der Waals surface area contributed by atoms with Crippen molar-refractivity contribution in [3.8, 4) is 11.5 Å². The number of hydrogen-bond donors (Lipinski definition) is 2. The van der Waals surface area contributed by atoms with E-state index in [1.165, 1.54) is 7.11 Å². The fraction of sp³-hybridized carbons (Fsp3) is 0.412. The molecule has 0 spiro atoms. The zero-order valence-corrected chi connectivity index (χ0v) is 15.6. The van der Waals surface area contributed by atoms with Crippen molar-refractivity contribution in [3.05, 3.63) is 40.2 Å². The van der Waals surface area contributed by atoms with Crippen molar-refractivity contribution in [1.29, 1.82) is 0 Å². The Labute approximate surface area is 152 Å². The van der Waals surface area contributed by atoms with Gasteiger partial charge in [-0.25, -0.2) is 0 Å². The van der Waals surface area contributed by atoms with Crippen molar-refractivity contribution in [2.75, 3.05) is 13.7 Å². The van der Waals surface area contributed by atoms with Gasteiger partial charge in [-0.15, -0.1) is 0 Å². The Bertz CT molecular complexity index is 761. The summed E-state index contributed by atoms with van der Waals surface area (Å²) in [5.74, 6) is 0.183. The van der Waals surface area contributed by atoms with E-state index in [1.807, 2.05) is 26.2 Å². The number of rotatable bonds is 8. The Morgan fingerprint density at radius 1 is 1.48 bits per heavy atom. The first-order valence-corrected chi connectivity index (χ1v) is 8.20. The number of aromatic nitrogens is 2. The molecule has 1 aromatic carbocycles. The van der Waals surface area contributed by atoms with Gasteiger partial charge in [0.15, 0.2) is 18.1 Å². The first-order chi connectivity index (χ1) is 11.8. The minimum absolute atomic E-state index is 0.129. The number of carbonyl (C=O) groups excluding carboxylic acids is 1. The third kappa shape index (κ3) is 4.87. The molecular formula is C17H23ClN4O3. The molecule has 25 heavy (non-hydrogen) atoms. The monoisotopic (exact) mass is 366 g/mol. The normalized spacial score (nSPS) is 12.0. The molecule has 1 heterocycles. The molecule has 0 aliphatic heterocycles. The predicted octanol–water partition coefficient (Wildman–Crippen LogP) is 2.11. The van der Waals surface area contributed by atoms with E-state index in [9.17, 15) is 4.79 Å². The number of primary amides is 1. The average Bonchev–Trinajstić information content (AvgIpc) is 2.89. The summed E-state index contributed by atoms with van der Waals surface area (Å²) in [5.41, 5.74) is 8.16. The molecule has 1 unspecified atom stereocenters. The molecule has 8 heteroatoms. The lowest BCUT2D eigenvalue weighted by Gasteiger charge is -2.16. The second kappa shape index (κ2) is 8.22. The first-order valence-electron chi connectivity index (χ1n) is 7.82. The lowest BCUT2D eigenvalue weighted by Crippen LogP contribution is -2.20. The number of benzene rings is 1. The Balaban J connectivity index is 2.10. The maximum atomic E-state index is 10.9. The number of nitrogens with one attached hydrogen (secondary N) is 1. The summed E-state index contributed by atoms with van der Waals surface area (Å²) in [6.45, 7) is 4.39. The number of ether oxygens (including phenoxy) is 2. The molecule has 2 aromatic rings. The van der Waals surface area contributed by atoms with Crippen LogP contribution in [0.25, 0.3) is 0 Å². The van der Waals surface area contributed by atoms with Crippen molar-refractivity contribution in [3.63, 3.8) is 0 Å². The van der Waals surface area contributed by atoms with Gasteiger partial charge >= 0.3 is 0 Å². The molecule has 1 aromatic heterocycles. The number of nitrogens with zero attached hydrogens (tertiary/aromatic N) is 2. The van der Waals surface area contributed by atoms with Crippen molar-refractivity contribution in [1.82, 2.24) is 15.1 Å². The van der Waals surface area contributed by atoms with Gasteiger partial charge in [-0.2, -0.15) is 5.10 Å². The summed E-state index contributed by atoms with van der Waals surface area (Å²) in [6, 6.07) is 3.72. The highest BCUT2D eigenvalue weighted by molar-refractivity contribution is 6.32. The van der Waals surface area contributed by atoms with E-state index in [-0.39, 0.29) is 12.6 Å². The standard InChI is InChI=1S/C17H23ClN4O3/c1-10(13-8-22(3)21-11(13)2)20-7-12-5-14(18)17(15(6-12)24-4)25-9-16(19)23/h5-6,8,10,20H,7,9H2,1-4H3,(H2,19,23).